The molecule has 122 valence electrons. The van der Waals surface area contributed by atoms with Gasteiger partial charge in [-0.15, -0.1) is 0 Å². The zero-order valence-corrected chi connectivity index (χ0v) is 13.5. The fraction of sp³-hybridized carbons (Fsp3) is 0.294. The summed E-state index contributed by atoms with van der Waals surface area (Å²) in [6.45, 7) is 3.58. The number of carbonyl (C=O) groups is 1. The van der Waals surface area contributed by atoms with E-state index in [-0.39, 0.29) is 23.6 Å². The van der Waals surface area contributed by atoms with Crippen LogP contribution >= 0.6 is 0 Å². The Morgan fingerprint density at radius 1 is 1.30 bits per heavy atom. The molecule has 0 aliphatic carbocycles. The number of esters is 1. The van der Waals surface area contributed by atoms with E-state index in [2.05, 4.69) is 4.99 Å². The summed E-state index contributed by atoms with van der Waals surface area (Å²) in [7, 11) is 3.11. The summed E-state index contributed by atoms with van der Waals surface area (Å²) >= 11 is 0. The number of aliphatic hydroxyl groups is 1. The van der Waals surface area contributed by atoms with Crippen molar-refractivity contribution in [2.75, 3.05) is 20.8 Å². The van der Waals surface area contributed by atoms with Crippen LogP contribution < -0.4 is 9.47 Å². The van der Waals surface area contributed by atoms with Crippen LogP contribution in [0.3, 0.4) is 0 Å². The lowest BCUT2D eigenvalue weighted by Gasteiger charge is -2.08. The maximum absolute atomic E-state index is 11.9. The van der Waals surface area contributed by atoms with Crippen molar-refractivity contribution in [3.8, 4) is 11.5 Å². The first-order valence-electron chi connectivity index (χ1n) is 7.11. The second kappa shape index (κ2) is 7.00. The number of aliphatic hydroxyl groups excluding tert-OH is 1. The molecule has 0 spiro atoms. The van der Waals surface area contributed by atoms with Gasteiger partial charge < -0.3 is 19.3 Å². The number of methoxy groups -OCH3 is 2. The van der Waals surface area contributed by atoms with Gasteiger partial charge in [0.25, 0.3) is 0 Å². The van der Waals surface area contributed by atoms with E-state index >= 15 is 0 Å². The molecule has 23 heavy (non-hydrogen) atoms. The lowest BCUT2D eigenvalue weighted by molar-refractivity contribution is -0.138. The summed E-state index contributed by atoms with van der Waals surface area (Å²) < 4.78 is 15.4. The Morgan fingerprint density at radius 2 is 2.04 bits per heavy atom. The molecule has 1 N–H and O–H groups in total. The summed E-state index contributed by atoms with van der Waals surface area (Å²) in [6.07, 6.45) is 1.63. The number of ether oxygens (including phenoxy) is 3. The molecule has 2 rings (SSSR count). The van der Waals surface area contributed by atoms with Gasteiger partial charge in [0.05, 0.1) is 26.5 Å². The third-order valence-corrected chi connectivity index (χ3v) is 3.34. The average Bonchev–Trinajstić information content (AvgIpc) is 2.81. The minimum absolute atomic E-state index is 0.0833. The lowest BCUT2D eigenvalue weighted by Crippen LogP contribution is -2.13. The molecule has 6 nitrogen and oxygen atoms in total. The number of aliphatic imine (C=N–C) groups is 1. The van der Waals surface area contributed by atoms with Crippen LogP contribution in [-0.4, -0.2) is 37.6 Å². The fourth-order valence-corrected chi connectivity index (χ4v) is 2.24. The fourth-order valence-electron chi connectivity index (χ4n) is 2.24. The van der Waals surface area contributed by atoms with Crippen LogP contribution in [0.15, 0.2) is 40.2 Å². The molecule has 0 unspecified atom stereocenters. The Morgan fingerprint density at radius 3 is 2.65 bits per heavy atom. The molecule has 0 amide bonds. The Bertz CT molecular complexity index is 716. The minimum Gasteiger partial charge on any atom is -0.505 e. The smallest absolute Gasteiger partial charge is 0.343 e. The first kappa shape index (κ1) is 16.6. The maximum atomic E-state index is 11.9. The Balaban J connectivity index is 2.47. The molecule has 0 aromatic heterocycles. The third kappa shape index (κ3) is 3.36. The van der Waals surface area contributed by atoms with Gasteiger partial charge in [-0.05, 0) is 38.1 Å². The Hall–Kier alpha value is -2.76. The number of carbonyl (C=O) groups excluding carboxylic acids is 1. The first-order valence-corrected chi connectivity index (χ1v) is 7.11. The van der Waals surface area contributed by atoms with Crippen molar-refractivity contribution in [3.05, 3.63) is 40.8 Å². The van der Waals surface area contributed by atoms with E-state index in [9.17, 15) is 9.90 Å². The summed E-state index contributed by atoms with van der Waals surface area (Å²) in [4.78, 5) is 16.1. The standard InChI is InChI=1S/C17H19NO5/c1-5-23-17(20)15-10(2)18-13(16(15)19)9-11-8-12(21-3)6-7-14(11)22-4/h6-9,19H,5H2,1-4H3/b13-9-. The van der Waals surface area contributed by atoms with E-state index in [4.69, 9.17) is 14.2 Å². The number of hydrogen-bond acceptors (Lipinski definition) is 6. The van der Waals surface area contributed by atoms with Crippen molar-refractivity contribution in [1.82, 2.24) is 0 Å². The average molecular weight is 317 g/mol. The molecule has 0 saturated heterocycles. The first-order chi connectivity index (χ1) is 11.0. The van der Waals surface area contributed by atoms with Gasteiger partial charge in [0.1, 0.15) is 22.8 Å². The molecule has 1 heterocycles. The van der Waals surface area contributed by atoms with Gasteiger partial charge in [-0.2, -0.15) is 0 Å². The number of benzene rings is 1. The van der Waals surface area contributed by atoms with Gasteiger partial charge in [0.15, 0.2) is 5.76 Å². The second-order valence-corrected chi connectivity index (χ2v) is 4.78. The topological polar surface area (TPSA) is 77.4 Å². The van der Waals surface area contributed by atoms with E-state index < -0.39 is 5.97 Å². The largest absolute Gasteiger partial charge is 0.505 e. The highest BCUT2D eigenvalue weighted by Crippen LogP contribution is 2.31. The Kier molecular flexibility index (Phi) is 5.05. The van der Waals surface area contributed by atoms with Gasteiger partial charge in [0.2, 0.25) is 0 Å². The van der Waals surface area contributed by atoms with Crippen molar-refractivity contribution in [3.63, 3.8) is 0 Å². The molecule has 0 saturated carbocycles. The van der Waals surface area contributed by atoms with Crippen molar-refractivity contribution in [2.24, 2.45) is 4.99 Å². The van der Waals surface area contributed by atoms with Crippen molar-refractivity contribution >= 4 is 17.8 Å². The summed E-state index contributed by atoms with van der Waals surface area (Å²) in [5.41, 5.74) is 1.45. The van der Waals surface area contributed by atoms with E-state index in [1.165, 1.54) is 0 Å². The van der Waals surface area contributed by atoms with Crippen LogP contribution in [0.1, 0.15) is 19.4 Å². The zero-order chi connectivity index (χ0) is 17.0. The molecule has 1 aliphatic heterocycles. The maximum Gasteiger partial charge on any atom is 0.343 e. The predicted molar refractivity (Wildman–Crippen MR) is 86.9 cm³/mol. The van der Waals surface area contributed by atoms with E-state index in [0.29, 0.717) is 22.8 Å². The van der Waals surface area contributed by atoms with Gasteiger partial charge in [-0.3, -0.25) is 0 Å². The quantitative estimate of drug-likeness (QED) is 0.845. The highest BCUT2D eigenvalue weighted by molar-refractivity contribution is 6.22. The summed E-state index contributed by atoms with van der Waals surface area (Å²) in [5, 5.41) is 10.3. The molecule has 0 fully saturated rings. The molecular formula is C17H19NO5. The van der Waals surface area contributed by atoms with Crippen molar-refractivity contribution in [1.29, 1.82) is 0 Å². The SMILES string of the molecule is CCOC(=O)C1=C(O)/C(=C/c2cc(OC)ccc2OC)N=C1C. The monoisotopic (exact) mass is 317 g/mol. The molecule has 6 heteroatoms. The molecule has 0 radical (unpaired) electrons. The Labute approximate surface area is 134 Å². The van der Waals surface area contributed by atoms with Crippen LogP contribution in [0.2, 0.25) is 0 Å². The molecule has 1 aromatic rings. The second-order valence-electron chi connectivity index (χ2n) is 4.78. The zero-order valence-electron chi connectivity index (χ0n) is 13.5. The highest BCUT2D eigenvalue weighted by Gasteiger charge is 2.27. The van der Waals surface area contributed by atoms with Crippen LogP contribution in [0.25, 0.3) is 6.08 Å². The van der Waals surface area contributed by atoms with E-state index in [1.54, 1.807) is 52.3 Å². The molecular weight excluding hydrogens is 298 g/mol. The third-order valence-electron chi connectivity index (χ3n) is 3.34. The summed E-state index contributed by atoms with van der Waals surface area (Å²) in [5.74, 6) is 0.451. The number of nitrogens with zero attached hydrogens (tertiary/aromatic N) is 1. The highest BCUT2D eigenvalue weighted by atomic mass is 16.5. The van der Waals surface area contributed by atoms with Crippen LogP contribution in [0, 0.1) is 0 Å². The molecule has 0 bridgehead atoms. The van der Waals surface area contributed by atoms with Gasteiger partial charge in [0, 0.05) is 5.56 Å². The lowest BCUT2D eigenvalue weighted by atomic mass is 10.1. The van der Waals surface area contributed by atoms with Crippen molar-refractivity contribution in [2.45, 2.75) is 13.8 Å². The summed E-state index contributed by atoms with van der Waals surface area (Å²) in [6, 6.07) is 5.28. The normalized spacial score (nSPS) is 15.7. The molecule has 0 atom stereocenters. The number of hydrogen-bond donors (Lipinski definition) is 1. The predicted octanol–water partition coefficient (Wildman–Crippen LogP) is 2.89. The minimum atomic E-state index is -0.591. The van der Waals surface area contributed by atoms with Gasteiger partial charge >= 0.3 is 5.97 Å². The molecule has 1 aliphatic rings. The van der Waals surface area contributed by atoms with Crippen LogP contribution in [-0.2, 0) is 9.53 Å². The van der Waals surface area contributed by atoms with Crippen LogP contribution in [0.4, 0.5) is 0 Å². The van der Waals surface area contributed by atoms with Gasteiger partial charge in [-0.25, -0.2) is 9.79 Å². The number of rotatable bonds is 5. The van der Waals surface area contributed by atoms with E-state index in [0.717, 1.165) is 0 Å². The van der Waals surface area contributed by atoms with Crippen molar-refractivity contribution < 1.29 is 24.1 Å². The van der Waals surface area contributed by atoms with Crippen LogP contribution in [0.5, 0.6) is 11.5 Å². The molecule has 1 aromatic carbocycles. The van der Waals surface area contributed by atoms with Gasteiger partial charge in [-0.1, -0.05) is 0 Å². The van der Waals surface area contributed by atoms with E-state index in [1.807, 2.05) is 0 Å².